The third-order valence-corrected chi connectivity index (χ3v) is 4.44. The fraction of sp³-hybridized carbons (Fsp3) is 0.929. The fourth-order valence-electron chi connectivity index (χ4n) is 3.03. The number of amides is 1. The lowest BCUT2D eigenvalue weighted by molar-refractivity contribution is -0.139. The molecule has 2 aliphatic rings. The molecule has 1 aliphatic heterocycles. The molecule has 2 rings (SSSR count). The van der Waals surface area contributed by atoms with Crippen LogP contribution >= 0.6 is 0 Å². The number of hydrogen-bond acceptors (Lipinski definition) is 2. The van der Waals surface area contributed by atoms with Gasteiger partial charge >= 0.3 is 0 Å². The molecule has 0 bridgehead atoms. The lowest BCUT2D eigenvalue weighted by Crippen LogP contribution is -2.40. The van der Waals surface area contributed by atoms with Crippen molar-refractivity contribution in [1.29, 1.82) is 0 Å². The Hall–Kier alpha value is -0.710. The third-order valence-electron chi connectivity index (χ3n) is 4.44. The number of rotatable bonds is 1. The molecule has 0 aromatic heterocycles. The molecule has 5 heteroatoms. The van der Waals surface area contributed by atoms with Gasteiger partial charge in [-0.25, -0.2) is 8.78 Å². The molecule has 1 saturated carbocycles. The molecular formula is C14H23F2NO2. The Balaban J connectivity index is 1.90. The molecule has 0 aromatic carbocycles. The summed E-state index contributed by atoms with van der Waals surface area (Å²) in [7, 11) is 0. The molecule has 1 atom stereocenters. The minimum absolute atomic E-state index is 0.00759. The first-order valence-corrected chi connectivity index (χ1v) is 7.18. The summed E-state index contributed by atoms with van der Waals surface area (Å²) in [5.41, 5.74) is -0.700. The van der Waals surface area contributed by atoms with Crippen molar-refractivity contribution in [3.05, 3.63) is 0 Å². The summed E-state index contributed by atoms with van der Waals surface area (Å²) < 4.78 is 26.2. The van der Waals surface area contributed by atoms with Crippen molar-refractivity contribution in [1.82, 2.24) is 4.90 Å². The first-order chi connectivity index (χ1) is 8.79. The number of alkyl halides is 2. The van der Waals surface area contributed by atoms with Crippen molar-refractivity contribution in [3.63, 3.8) is 0 Å². The van der Waals surface area contributed by atoms with Crippen LogP contribution in [0.4, 0.5) is 8.78 Å². The van der Waals surface area contributed by atoms with E-state index < -0.39 is 11.5 Å². The normalized spacial score (nSPS) is 32.9. The predicted octanol–water partition coefficient (Wildman–Crippen LogP) is 2.58. The number of aliphatic hydroxyl groups is 1. The Kier molecular flexibility index (Phi) is 4.14. The highest BCUT2D eigenvalue weighted by molar-refractivity contribution is 5.79. The maximum Gasteiger partial charge on any atom is 0.248 e. The van der Waals surface area contributed by atoms with Gasteiger partial charge in [0.2, 0.25) is 11.8 Å². The van der Waals surface area contributed by atoms with Crippen molar-refractivity contribution in [2.75, 3.05) is 13.1 Å². The maximum atomic E-state index is 13.1. The van der Waals surface area contributed by atoms with Crippen LogP contribution in [0.5, 0.6) is 0 Å². The second-order valence-corrected chi connectivity index (χ2v) is 6.31. The molecule has 1 aliphatic carbocycles. The van der Waals surface area contributed by atoms with Crippen LogP contribution in [-0.4, -0.2) is 40.5 Å². The molecule has 1 saturated heterocycles. The van der Waals surface area contributed by atoms with Gasteiger partial charge < -0.3 is 10.0 Å². The summed E-state index contributed by atoms with van der Waals surface area (Å²) in [6, 6.07) is 0. The number of carbonyl (C=O) groups is 1. The highest BCUT2D eigenvalue weighted by Gasteiger charge is 2.39. The Morgan fingerprint density at radius 2 is 1.79 bits per heavy atom. The Bertz CT molecular complexity index is 334. The fourth-order valence-corrected chi connectivity index (χ4v) is 3.03. The molecular weight excluding hydrogens is 252 g/mol. The zero-order valence-electron chi connectivity index (χ0n) is 11.5. The van der Waals surface area contributed by atoms with E-state index in [0.29, 0.717) is 38.8 Å². The van der Waals surface area contributed by atoms with Gasteiger partial charge in [-0.3, -0.25) is 4.79 Å². The predicted molar refractivity (Wildman–Crippen MR) is 68.0 cm³/mol. The van der Waals surface area contributed by atoms with Gasteiger partial charge in [-0.2, -0.15) is 0 Å². The molecule has 1 unspecified atom stereocenters. The van der Waals surface area contributed by atoms with Crippen LogP contribution in [0.15, 0.2) is 0 Å². The minimum atomic E-state index is -2.58. The molecule has 19 heavy (non-hydrogen) atoms. The lowest BCUT2D eigenvalue weighted by atomic mass is 9.86. The summed E-state index contributed by atoms with van der Waals surface area (Å²) in [6.45, 7) is 2.97. The molecule has 0 spiro atoms. The summed E-state index contributed by atoms with van der Waals surface area (Å²) in [6.07, 6.45) is 2.28. The largest absolute Gasteiger partial charge is 0.390 e. The van der Waals surface area contributed by atoms with Crippen LogP contribution in [0.3, 0.4) is 0 Å². The first-order valence-electron chi connectivity index (χ1n) is 7.18. The molecule has 1 amide bonds. The summed E-state index contributed by atoms with van der Waals surface area (Å²) in [5.74, 6) is -2.82. The standard InChI is InChI=1S/C14H23F2NO2/c1-13(19)5-2-9-17(10-8-13)12(18)11-3-6-14(15,16)7-4-11/h11,19H,2-10H2,1H3. The maximum absolute atomic E-state index is 13.1. The van der Waals surface area contributed by atoms with Gasteiger partial charge in [0.15, 0.2) is 0 Å². The average Bonchev–Trinajstić information content (AvgIpc) is 2.49. The van der Waals surface area contributed by atoms with E-state index in [2.05, 4.69) is 0 Å². The molecule has 1 heterocycles. The van der Waals surface area contributed by atoms with Crippen molar-refractivity contribution in [2.24, 2.45) is 5.92 Å². The van der Waals surface area contributed by atoms with E-state index in [4.69, 9.17) is 0 Å². The van der Waals surface area contributed by atoms with Gasteiger partial charge in [0, 0.05) is 31.8 Å². The number of likely N-dealkylation sites (tertiary alicyclic amines) is 1. The first kappa shape index (κ1) is 14.7. The van der Waals surface area contributed by atoms with Gasteiger partial charge in [-0.05, 0) is 39.0 Å². The third kappa shape index (κ3) is 3.88. The monoisotopic (exact) mass is 275 g/mol. The van der Waals surface area contributed by atoms with Crippen LogP contribution in [-0.2, 0) is 4.79 Å². The second-order valence-electron chi connectivity index (χ2n) is 6.31. The highest BCUT2D eigenvalue weighted by atomic mass is 19.3. The second kappa shape index (κ2) is 5.35. The molecule has 0 radical (unpaired) electrons. The zero-order valence-corrected chi connectivity index (χ0v) is 11.5. The van der Waals surface area contributed by atoms with Crippen molar-refractivity contribution in [3.8, 4) is 0 Å². The molecule has 3 nitrogen and oxygen atoms in total. The Morgan fingerprint density at radius 1 is 1.16 bits per heavy atom. The van der Waals surface area contributed by atoms with Crippen LogP contribution in [0.1, 0.15) is 51.9 Å². The minimum Gasteiger partial charge on any atom is -0.390 e. The summed E-state index contributed by atoms with van der Waals surface area (Å²) >= 11 is 0. The number of halogens is 2. The Labute approximate surface area is 113 Å². The molecule has 0 aromatic rings. The highest BCUT2D eigenvalue weighted by Crippen LogP contribution is 2.37. The van der Waals surface area contributed by atoms with Gasteiger partial charge in [0.1, 0.15) is 0 Å². The van der Waals surface area contributed by atoms with Gasteiger partial charge in [-0.1, -0.05) is 0 Å². The van der Waals surface area contributed by atoms with E-state index in [-0.39, 0.29) is 24.7 Å². The number of hydrogen-bond donors (Lipinski definition) is 1. The SMILES string of the molecule is CC1(O)CCCN(C(=O)C2CCC(F)(F)CC2)CC1. The summed E-state index contributed by atoms with van der Waals surface area (Å²) in [5, 5.41) is 10.00. The molecule has 110 valence electrons. The number of nitrogens with zero attached hydrogens (tertiary/aromatic N) is 1. The topological polar surface area (TPSA) is 40.5 Å². The smallest absolute Gasteiger partial charge is 0.248 e. The van der Waals surface area contributed by atoms with Crippen molar-refractivity contribution < 1.29 is 18.7 Å². The van der Waals surface area contributed by atoms with Crippen LogP contribution in [0, 0.1) is 5.92 Å². The van der Waals surface area contributed by atoms with E-state index in [1.165, 1.54) is 0 Å². The number of carbonyl (C=O) groups excluding carboxylic acids is 1. The van der Waals surface area contributed by atoms with Crippen molar-refractivity contribution in [2.45, 2.75) is 63.4 Å². The quantitative estimate of drug-likeness (QED) is 0.799. The van der Waals surface area contributed by atoms with Gasteiger partial charge in [-0.15, -0.1) is 0 Å². The van der Waals surface area contributed by atoms with E-state index in [1.807, 2.05) is 0 Å². The molecule has 2 fully saturated rings. The van der Waals surface area contributed by atoms with Gasteiger partial charge in [0.05, 0.1) is 5.60 Å². The summed E-state index contributed by atoms with van der Waals surface area (Å²) in [4.78, 5) is 14.1. The van der Waals surface area contributed by atoms with Crippen LogP contribution in [0.25, 0.3) is 0 Å². The Morgan fingerprint density at radius 3 is 2.42 bits per heavy atom. The van der Waals surface area contributed by atoms with Crippen molar-refractivity contribution >= 4 is 5.91 Å². The van der Waals surface area contributed by atoms with E-state index >= 15 is 0 Å². The zero-order chi connectivity index (χ0) is 14.1. The average molecular weight is 275 g/mol. The van der Waals surface area contributed by atoms with Crippen LogP contribution in [0.2, 0.25) is 0 Å². The lowest BCUT2D eigenvalue weighted by Gasteiger charge is -2.31. The molecule has 1 N–H and O–H groups in total. The van der Waals surface area contributed by atoms with E-state index in [0.717, 1.165) is 6.42 Å². The van der Waals surface area contributed by atoms with Crippen LogP contribution < -0.4 is 0 Å². The van der Waals surface area contributed by atoms with E-state index in [1.54, 1.807) is 11.8 Å². The van der Waals surface area contributed by atoms with Gasteiger partial charge in [0.25, 0.3) is 0 Å². The van der Waals surface area contributed by atoms with E-state index in [9.17, 15) is 18.7 Å².